The first-order valence-corrected chi connectivity index (χ1v) is 7.61. The second-order valence-electron chi connectivity index (χ2n) is 4.78. The Morgan fingerprint density at radius 3 is 2.59 bits per heavy atom. The van der Waals surface area contributed by atoms with Gasteiger partial charge in [-0.2, -0.15) is 0 Å². The topological polar surface area (TPSA) is 12.0 Å². The summed E-state index contributed by atoms with van der Waals surface area (Å²) >= 11 is 9.72. The van der Waals surface area contributed by atoms with Crippen molar-refractivity contribution in [1.82, 2.24) is 5.32 Å². The van der Waals surface area contributed by atoms with E-state index in [9.17, 15) is 0 Å². The Morgan fingerprint density at radius 2 is 1.88 bits per heavy atom. The van der Waals surface area contributed by atoms with Crippen LogP contribution in [0.3, 0.4) is 0 Å². The van der Waals surface area contributed by atoms with Crippen molar-refractivity contribution < 1.29 is 0 Å². The molecule has 1 nitrogen and oxygen atoms in total. The molecule has 0 amide bonds. The largest absolute Gasteiger partial charge is 0.310 e. The van der Waals surface area contributed by atoms with Gasteiger partial charge in [0.05, 0.1) is 5.02 Å². The molecule has 1 saturated carbocycles. The maximum atomic E-state index is 6.26. The first-order valence-electron chi connectivity index (χ1n) is 6.43. The maximum Gasteiger partial charge on any atom is 0.0592 e. The Morgan fingerprint density at radius 1 is 1.18 bits per heavy atom. The highest BCUT2D eigenvalue weighted by molar-refractivity contribution is 9.10. The molecule has 3 heteroatoms. The summed E-state index contributed by atoms with van der Waals surface area (Å²) < 4.78 is 0.985. The zero-order valence-electron chi connectivity index (χ0n) is 10.0. The lowest BCUT2D eigenvalue weighted by molar-refractivity contribution is 0.459. The predicted octanol–water partition coefficient (Wildman–Crippen LogP) is 4.91. The summed E-state index contributed by atoms with van der Waals surface area (Å²) in [6.45, 7) is 0.878. The third-order valence-corrected chi connectivity index (χ3v) is 4.80. The molecular weight excluding hydrogens is 298 g/mol. The quantitative estimate of drug-likeness (QED) is 0.781. The Bertz CT molecular complexity index is 359. The molecule has 1 fully saturated rings. The van der Waals surface area contributed by atoms with Gasteiger partial charge in [0.25, 0.3) is 0 Å². The Balaban J connectivity index is 1.90. The summed E-state index contributed by atoms with van der Waals surface area (Å²) in [5, 5.41) is 4.48. The summed E-state index contributed by atoms with van der Waals surface area (Å²) in [5.74, 6) is 0. The van der Waals surface area contributed by atoms with E-state index in [0.717, 1.165) is 16.0 Å². The minimum absolute atomic E-state index is 0.674. The molecule has 0 aromatic heterocycles. The van der Waals surface area contributed by atoms with Crippen LogP contribution in [0, 0.1) is 0 Å². The maximum absolute atomic E-state index is 6.26. The highest BCUT2D eigenvalue weighted by Gasteiger charge is 2.12. The van der Waals surface area contributed by atoms with E-state index in [0.29, 0.717) is 6.04 Å². The number of hydrogen-bond donors (Lipinski definition) is 1. The molecule has 0 spiro atoms. The fourth-order valence-corrected chi connectivity index (χ4v) is 3.02. The average Bonchev–Trinajstić information content (AvgIpc) is 2.59. The first kappa shape index (κ1) is 13.4. The number of nitrogens with one attached hydrogen (secondary N) is 1. The van der Waals surface area contributed by atoms with Crippen LogP contribution in [0.25, 0.3) is 0 Å². The average molecular weight is 317 g/mol. The summed E-state index contributed by atoms with van der Waals surface area (Å²) in [6, 6.07) is 6.79. The molecule has 0 bridgehead atoms. The van der Waals surface area contributed by atoms with Crippen molar-refractivity contribution >= 4 is 27.5 Å². The lowest BCUT2D eigenvalue weighted by Crippen LogP contribution is -2.27. The van der Waals surface area contributed by atoms with Gasteiger partial charge in [-0.15, -0.1) is 0 Å². The fraction of sp³-hybridized carbons (Fsp3) is 0.571. The van der Waals surface area contributed by atoms with Crippen molar-refractivity contribution in [2.45, 2.75) is 51.1 Å². The molecule has 1 aromatic rings. The minimum atomic E-state index is 0.674. The van der Waals surface area contributed by atoms with Crippen LogP contribution in [-0.4, -0.2) is 6.04 Å². The van der Waals surface area contributed by atoms with Crippen molar-refractivity contribution in [2.75, 3.05) is 0 Å². The highest BCUT2D eigenvalue weighted by atomic mass is 79.9. The Labute approximate surface area is 117 Å². The van der Waals surface area contributed by atoms with E-state index < -0.39 is 0 Å². The standard InChI is InChI=1S/C14H19BrClN/c15-13-9-5-6-11(14(13)16)10-17-12-7-3-1-2-4-8-12/h5-6,9,12,17H,1-4,7-8,10H2. The third kappa shape index (κ3) is 3.97. The smallest absolute Gasteiger partial charge is 0.0592 e. The molecule has 94 valence electrons. The van der Waals surface area contributed by atoms with E-state index in [1.54, 1.807) is 0 Å². The van der Waals surface area contributed by atoms with Crippen molar-refractivity contribution in [3.05, 3.63) is 33.3 Å². The van der Waals surface area contributed by atoms with Crippen LogP contribution in [0.15, 0.2) is 22.7 Å². The zero-order chi connectivity index (χ0) is 12.1. The normalized spacial score (nSPS) is 18.0. The molecule has 1 N–H and O–H groups in total. The molecular formula is C14H19BrClN. The SMILES string of the molecule is Clc1c(Br)cccc1CNC1CCCCCC1. The second kappa shape index (κ2) is 6.77. The zero-order valence-corrected chi connectivity index (χ0v) is 12.4. The minimum Gasteiger partial charge on any atom is -0.310 e. The van der Waals surface area contributed by atoms with Crippen LogP contribution in [0.1, 0.15) is 44.1 Å². The lowest BCUT2D eigenvalue weighted by atomic mass is 10.1. The van der Waals surface area contributed by atoms with Gasteiger partial charge in [0.2, 0.25) is 0 Å². The van der Waals surface area contributed by atoms with Crippen LogP contribution in [0.2, 0.25) is 5.02 Å². The lowest BCUT2D eigenvalue weighted by Gasteiger charge is -2.17. The molecule has 0 unspecified atom stereocenters. The first-order chi connectivity index (χ1) is 8.27. The molecule has 0 heterocycles. The van der Waals surface area contributed by atoms with Crippen molar-refractivity contribution in [3.8, 4) is 0 Å². The van der Waals surface area contributed by atoms with Gasteiger partial charge in [0.15, 0.2) is 0 Å². The number of benzene rings is 1. The number of rotatable bonds is 3. The van der Waals surface area contributed by atoms with Crippen molar-refractivity contribution in [2.24, 2.45) is 0 Å². The van der Waals surface area contributed by atoms with Gasteiger partial charge >= 0.3 is 0 Å². The predicted molar refractivity (Wildman–Crippen MR) is 77.5 cm³/mol. The van der Waals surface area contributed by atoms with Gasteiger partial charge in [0.1, 0.15) is 0 Å². The van der Waals surface area contributed by atoms with Crippen LogP contribution in [0.5, 0.6) is 0 Å². The molecule has 0 aliphatic heterocycles. The van der Waals surface area contributed by atoms with Crippen LogP contribution < -0.4 is 5.32 Å². The van der Waals surface area contributed by atoms with Gasteiger partial charge in [-0.1, -0.05) is 49.4 Å². The molecule has 0 atom stereocenters. The van der Waals surface area contributed by atoms with E-state index in [2.05, 4.69) is 27.3 Å². The molecule has 1 aliphatic carbocycles. The monoisotopic (exact) mass is 315 g/mol. The molecule has 2 rings (SSSR count). The second-order valence-corrected chi connectivity index (χ2v) is 6.01. The third-order valence-electron chi connectivity index (χ3n) is 3.47. The van der Waals surface area contributed by atoms with Crippen molar-refractivity contribution in [3.63, 3.8) is 0 Å². The molecule has 1 aliphatic rings. The Kier molecular flexibility index (Phi) is 5.33. The Hall–Kier alpha value is -0.0500. The summed E-state index contributed by atoms with van der Waals surface area (Å²) in [5.41, 5.74) is 1.19. The highest BCUT2D eigenvalue weighted by Crippen LogP contribution is 2.26. The van der Waals surface area contributed by atoms with E-state index in [1.165, 1.54) is 44.1 Å². The summed E-state index contributed by atoms with van der Waals surface area (Å²) in [4.78, 5) is 0. The van der Waals surface area contributed by atoms with E-state index >= 15 is 0 Å². The summed E-state index contributed by atoms with van der Waals surface area (Å²) in [6.07, 6.45) is 8.15. The fourth-order valence-electron chi connectivity index (χ4n) is 2.42. The molecule has 17 heavy (non-hydrogen) atoms. The van der Waals surface area contributed by atoms with E-state index in [1.807, 2.05) is 12.1 Å². The van der Waals surface area contributed by atoms with Gasteiger partial charge in [0, 0.05) is 17.1 Å². The molecule has 0 radical (unpaired) electrons. The van der Waals surface area contributed by atoms with Gasteiger partial charge in [-0.3, -0.25) is 0 Å². The van der Waals surface area contributed by atoms with E-state index in [4.69, 9.17) is 11.6 Å². The van der Waals surface area contributed by atoms with Crippen LogP contribution >= 0.6 is 27.5 Å². The number of hydrogen-bond acceptors (Lipinski definition) is 1. The van der Waals surface area contributed by atoms with Gasteiger partial charge in [-0.25, -0.2) is 0 Å². The van der Waals surface area contributed by atoms with E-state index in [-0.39, 0.29) is 0 Å². The molecule has 0 saturated heterocycles. The van der Waals surface area contributed by atoms with Crippen LogP contribution in [0.4, 0.5) is 0 Å². The summed E-state index contributed by atoms with van der Waals surface area (Å²) in [7, 11) is 0. The molecule has 1 aromatic carbocycles. The van der Waals surface area contributed by atoms with Gasteiger partial charge < -0.3 is 5.32 Å². The van der Waals surface area contributed by atoms with Crippen LogP contribution in [-0.2, 0) is 6.54 Å². The van der Waals surface area contributed by atoms with Gasteiger partial charge in [-0.05, 0) is 40.4 Å². The van der Waals surface area contributed by atoms with Crippen molar-refractivity contribution in [1.29, 1.82) is 0 Å². The number of halogens is 2.